The Morgan fingerprint density at radius 1 is 1.33 bits per heavy atom. The molecule has 0 spiro atoms. The highest BCUT2D eigenvalue weighted by molar-refractivity contribution is 7.89. The Bertz CT molecular complexity index is 742. The van der Waals surface area contributed by atoms with E-state index < -0.39 is 21.9 Å². The molecule has 0 aromatic heterocycles. The molecule has 134 valence electrons. The lowest BCUT2D eigenvalue weighted by Crippen LogP contribution is -2.30. The van der Waals surface area contributed by atoms with Crippen molar-refractivity contribution in [3.8, 4) is 5.75 Å². The third-order valence-corrected chi connectivity index (χ3v) is 6.64. The van der Waals surface area contributed by atoms with Gasteiger partial charge >= 0.3 is 5.97 Å². The van der Waals surface area contributed by atoms with E-state index in [0.717, 1.165) is 5.56 Å². The Balaban J connectivity index is 2.47. The molecule has 1 heterocycles. The van der Waals surface area contributed by atoms with E-state index in [1.165, 1.54) is 4.31 Å². The lowest BCUT2D eigenvalue weighted by molar-refractivity contribution is -0.142. The molecule has 24 heavy (non-hydrogen) atoms. The van der Waals surface area contributed by atoms with E-state index in [1.54, 1.807) is 33.1 Å². The number of carboxylic acid groups (broad SMARTS) is 1. The monoisotopic (exact) mass is 355 g/mol. The van der Waals surface area contributed by atoms with E-state index in [0.29, 0.717) is 11.3 Å². The molecule has 1 aliphatic rings. The first-order chi connectivity index (χ1) is 11.1. The Kier molecular flexibility index (Phi) is 5.25. The van der Waals surface area contributed by atoms with Crippen molar-refractivity contribution in [2.75, 3.05) is 20.2 Å². The number of hydrogen-bond donors (Lipinski definition) is 1. The Morgan fingerprint density at radius 2 is 1.96 bits per heavy atom. The molecule has 0 amide bonds. The molecule has 1 N–H and O–H groups in total. The summed E-state index contributed by atoms with van der Waals surface area (Å²) in [5.74, 6) is -1.05. The normalized spacial score (nSPS) is 22.1. The molecule has 7 heteroatoms. The van der Waals surface area contributed by atoms with Gasteiger partial charge in [-0.1, -0.05) is 20.8 Å². The second-order valence-corrected chi connectivity index (χ2v) is 8.66. The molecule has 1 fully saturated rings. The Hall–Kier alpha value is -1.60. The summed E-state index contributed by atoms with van der Waals surface area (Å²) in [6, 6.07) is 3.39. The van der Waals surface area contributed by atoms with Crippen LogP contribution in [0, 0.1) is 18.8 Å². The number of aryl methyl sites for hydroxylation is 1. The maximum atomic E-state index is 13.0. The van der Waals surface area contributed by atoms with E-state index in [2.05, 4.69) is 0 Å². The smallest absolute Gasteiger partial charge is 0.308 e. The number of hydrogen-bond acceptors (Lipinski definition) is 4. The van der Waals surface area contributed by atoms with Crippen LogP contribution in [0.1, 0.15) is 37.8 Å². The number of ether oxygens (including phenoxy) is 1. The number of aliphatic carboxylic acids is 1. The molecule has 0 radical (unpaired) electrons. The molecule has 2 atom stereocenters. The molecule has 0 saturated carbocycles. The van der Waals surface area contributed by atoms with Gasteiger partial charge in [0.15, 0.2) is 0 Å². The van der Waals surface area contributed by atoms with Crippen LogP contribution in [0.15, 0.2) is 17.0 Å². The van der Waals surface area contributed by atoms with E-state index in [-0.39, 0.29) is 29.8 Å². The second kappa shape index (κ2) is 6.72. The van der Waals surface area contributed by atoms with Gasteiger partial charge in [-0.2, -0.15) is 4.31 Å². The lowest BCUT2D eigenvalue weighted by atomic mass is 9.99. The predicted octanol–water partition coefficient (Wildman–Crippen LogP) is 2.47. The van der Waals surface area contributed by atoms with Gasteiger partial charge < -0.3 is 9.84 Å². The van der Waals surface area contributed by atoms with Crippen molar-refractivity contribution >= 4 is 16.0 Å². The van der Waals surface area contributed by atoms with Gasteiger partial charge in [0.05, 0.1) is 17.9 Å². The van der Waals surface area contributed by atoms with Gasteiger partial charge in [-0.15, -0.1) is 0 Å². The van der Waals surface area contributed by atoms with Crippen molar-refractivity contribution in [1.29, 1.82) is 0 Å². The number of methoxy groups -OCH3 is 1. The zero-order chi connectivity index (χ0) is 18.2. The molecular formula is C17H25NO5S. The van der Waals surface area contributed by atoms with Crippen molar-refractivity contribution in [2.45, 2.75) is 38.5 Å². The minimum absolute atomic E-state index is 0.0152. The van der Waals surface area contributed by atoms with Crippen molar-refractivity contribution in [3.05, 3.63) is 23.3 Å². The van der Waals surface area contributed by atoms with Crippen LogP contribution < -0.4 is 4.74 Å². The summed E-state index contributed by atoms with van der Waals surface area (Å²) in [6.07, 6.45) is 0. The lowest BCUT2D eigenvalue weighted by Gasteiger charge is -2.20. The summed E-state index contributed by atoms with van der Waals surface area (Å²) >= 11 is 0. The first-order valence-electron chi connectivity index (χ1n) is 8.01. The first-order valence-corrected chi connectivity index (χ1v) is 9.45. The van der Waals surface area contributed by atoms with Crippen LogP contribution in [0.4, 0.5) is 0 Å². The maximum absolute atomic E-state index is 13.0. The number of rotatable bonds is 5. The van der Waals surface area contributed by atoms with E-state index >= 15 is 0 Å². The fourth-order valence-corrected chi connectivity index (χ4v) is 4.97. The molecule has 1 aromatic carbocycles. The van der Waals surface area contributed by atoms with Crippen LogP contribution in [0.5, 0.6) is 5.75 Å². The van der Waals surface area contributed by atoms with Crippen LogP contribution in [-0.2, 0) is 14.8 Å². The van der Waals surface area contributed by atoms with Gasteiger partial charge in [-0.25, -0.2) is 8.42 Å². The fourth-order valence-electron chi connectivity index (χ4n) is 3.16. The fraction of sp³-hybridized carbons (Fsp3) is 0.588. The molecule has 0 bridgehead atoms. The second-order valence-electron chi connectivity index (χ2n) is 6.76. The number of benzene rings is 1. The van der Waals surface area contributed by atoms with Gasteiger partial charge in [-0.3, -0.25) is 4.79 Å². The molecule has 0 aliphatic carbocycles. The van der Waals surface area contributed by atoms with Gasteiger partial charge in [-0.05, 0) is 42.0 Å². The largest absolute Gasteiger partial charge is 0.496 e. The summed E-state index contributed by atoms with van der Waals surface area (Å²) in [6.45, 7) is 7.69. The standard InChI is InChI=1S/C17H25NO5S/c1-10(2)13-7-16(11(3)6-15(13)23-5)24(21,22)18-8-12(4)14(9-18)17(19)20/h6-7,10,12,14H,8-9H2,1-5H3,(H,19,20)/t12-,14-/m1/s1. The summed E-state index contributed by atoms with van der Waals surface area (Å²) in [5, 5.41) is 9.24. The zero-order valence-corrected chi connectivity index (χ0v) is 15.6. The van der Waals surface area contributed by atoms with Crippen LogP contribution >= 0.6 is 0 Å². The average molecular weight is 355 g/mol. The van der Waals surface area contributed by atoms with Gasteiger partial charge in [0, 0.05) is 13.1 Å². The topological polar surface area (TPSA) is 83.9 Å². The number of carbonyl (C=O) groups is 1. The quantitative estimate of drug-likeness (QED) is 0.877. The molecule has 0 unspecified atom stereocenters. The van der Waals surface area contributed by atoms with Crippen LogP contribution in [0.3, 0.4) is 0 Å². The third-order valence-electron chi connectivity index (χ3n) is 4.66. The van der Waals surface area contributed by atoms with Crippen molar-refractivity contribution in [3.63, 3.8) is 0 Å². The highest BCUT2D eigenvalue weighted by Crippen LogP contribution is 2.35. The average Bonchev–Trinajstić information content (AvgIpc) is 2.89. The molecule has 2 rings (SSSR count). The SMILES string of the molecule is COc1cc(C)c(S(=O)(=O)N2C[C@@H](C)[C@H](C(=O)O)C2)cc1C(C)C. The van der Waals surface area contributed by atoms with Gasteiger partial charge in [0.2, 0.25) is 10.0 Å². The highest BCUT2D eigenvalue weighted by atomic mass is 32.2. The minimum Gasteiger partial charge on any atom is -0.496 e. The first kappa shape index (κ1) is 18.7. The van der Waals surface area contributed by atoms with E-state index in [1.807, 2.05) is 13.8 Å². The van der Waals surface area contributed by atoms with Crippen LogP contribution in [0.2, 0.25) is 0 Å². The van der Waals surface area contributed by atoms with Gasteiger partial charge in [0.1, 0.15) is 5.75 Å². The predicted molar refractivity (Wildman–Crippen MR) is 90.9 cm³/mol. The zero-order valence-electron chi connectivity index (χ0n) is 14.7. The molecular weight excluding hydrogens is 330 g/mol. The summed E-state index contributed by atoms with van der Waals surface area (Å²) < 4.78 is 32.7. The Labute approximate surface area is 143 Å². The van der Waals surface area contributed by atoms with E-state index in [9.17, 15) is 18.3 Å². The third kappa shape index (κ3) is 3.28. The number of carboxylic acids is 1. The molecule has 6 nitrogen and oxygen atoms in total. The molecule has 1 aromatic rings. The summed E-state index contributed by atoms with van der Waals surface area (Å²) in [5.41, 5.74) is 1.42. The van der Waals surface area contributed by atoms with Crippen molar-refractivity contribution in [2.24, 2.45) is 11.8 Å². The summed E-state index contributed by atoms with van der Waals surface area (Å²) in [7, 11) is -2.17. The van der Waals surface area contributed by atoms with Crippen LogP contribution in [-0.4, -0.2) is 44.0 Å². The summed E-state index contributed by atoms with van der Waals surface area (Å²) in [4.78, 5) is 11.5. The Morgan fingerprint density at radius 3 is 2.42 bits per heavy atom. The number of sulfonamides is 1. The number of nitrogens with zero attached hydrogens (tertiary/aromatic N) is 1. The van der Waals surface area contributed by atoms with Crippen molar-refractivity contribution in [1.82, 2.24) is 4.31 Å². The molecule has 1 aliphatic heterocycles. The van der Waals surface area contributed by atoms with Gasteiger partial charge in [0.25, 0.3) is 0 Å². The molecule has 1 saturated heterocycles. The van der Waals surface area contributed by atoms with Crippen LogP contribution in [0.25, 0.3) is 0 Å². The van der Waals surface area contributed by atoms with E-state index in [4.69, 9.17) is 4.74 Å². The minimum atomic E-state index is -3.74. The van der Waals surface area contributed by atoms with Crippen molar-refractivity contribution < 1.29 is 23.1 Å². The maximum Gasteiger partial charge on any atom is 0.308 e. The highest BCUT2D eigenvalue weighted by Gasteiger charge is 2.41.